The highest BCUT2D eigenvalue weighted by Crippen LogP contribution is 2.37. The van der Waals surface area contributed by atoms with Crippen molar-refractivity contribution in [2.24, 2.45) is 0 Å². The number of fused-ring (bicyclic) bond motifs is 1. The standard InChI is InChI=1S/C19H19ClN2O4S/c1-26-19(25)22-17(24)15-13-5-3-2-4-6-14(13)27-18(15)21-16(23)11-7-9-12(20)10-8-11/h7-10H,2-6H2,1H3,(H,21,23)(H,22,24,25). The summed E-state index contributed by atoms with van der Waals surface area (Å²) < 4.78 is 4.52. The Morgan fingerprint density at radius 1 is 1.04 bits per heavy atom. The zero-order valence-electron chi connectivity index (χ0n) is 14.8. The van der Waals surface area contributed by atoms with Crippen LogP contribution in [0.15, 0.2) is 24.3 Å². The first-order valence-electron chi connectivity index (χ1n) is 8.60. The number of hydrogen-bond acceptors (Lipinski definition) is 5. The van der Waals surface area contributed by atoms with Crippen molar-refractivity contribution >= 4 is 45.8 Å². The number of imide groups is 1. The average Bonchev–Trinajstić information content (AvgIpc) is 2.82. The van der Waals surface area contributed by atoms with Crippen molar-refractivity contribution in [3.8, 4) is 0 Å². The van der Waals surface area contributed by atoms with Gasteiger partial charge in [0.05, 0.1) is 12.7 Å². The smallest absolute Gasteiger partial charge is 0.413 e. The minimum atomic E-state index is -0.830. The van der Waals surface area contributed by atoms with E-state index in [9.17, 15) is 14.4 Å². The predicted molar refractivity (Wildman–Crippen MR) is 105 cm³/mol. The quantitative estimate of drug-likeness (QED) is 0.739. The molecule has 1 aliphatic rings. The molecular formula is C19H19ClN2O4S. The number of anilines is 1. The molecule has 6 nitrogen and oxygen atoms in total. The summed E-state index contributed by atoms with van der Waals surface area (Å²) in [6, 6.07) is 6.49. The summed E-state index contributed by atoms with van der Waals surface area (Å²) in [5, 5.41) is 6.00. The Kier molecular flexibility index (Phi) is 6.13. The van der Waals surface area contributed by atoms with Gasteiger partial charge in [-0.1, -0.05) is 18.0 Å². The molecular weight excluding hydrogens is 388 g/mol. The molecule has 1 aromatic carbocycles. The van der Waals surface area contributed by atoms with Gasteiger partial charge in [-0.15, -0.1) is 11.3 Å². The lowest BCUT2D eigenvalue weighted by atomic mass is 10.0. The van der Waals surface area contributed by atoms with Crippen LogP contribution in [0.3, 0.4) is 0 Å². The van der Waals surface area contributed by atoms with E-state index in [1.807, 2.05) is 0 Å². The summed E-state index contributed by atoms with van der Waals surface area (Å²) in [5.74, 6) is -0.900. The average molecular weight is 407 g/mol. The molecule has 0 aliphatic heterocycles. The lowest BCUT2D eigenvalue weighted by Crippen LogP contribution is -2.31. The number of nitrogens with one attached hydrogen (secondary N) is 2. The molecule has 3 amide bonds. The molecule has 3 rings (SSSR count). The van der Waals surface area contributed by atoms with E-state index >= 15 is 0 Å². The third kappa shape index (κ3) is 4.48. The number of alkyl carbamates (subject to hydrolysis) is 1. The fraction of sp³-hybridized carbons (Fsp3) is 0.316. The van der Waals surface area contributed by atoms with E-state index in [0.717, 1.165) is 42.5 Å². The summed E-state index contributed by atoms with van der Waals surface area (Å²) in [7, 11) is 1.19. The van der Waals surface area contributed by atoms with Gasteiger partial charge in [-0.3, -0.25) is 14.9 Å². The van der Waals surface area contributed by atoms with Crippen LogP contribution >= 0.6 is 22.9 Å². The Balaban J connectivity index is 1.93. The van der Waals surface area contributed by atoms with Gasteiger partial charge in [0.15, 0.2) is 0 Å². The van der Waals surface area contributed by atoms with Crippen LogP contribution < -0.4 is 10.6 Å². The van der Waals surface area contributed by atoms with Gasteiger partial charge < -0.3 is 10.1 Å². The van der Waals surface area contributed by atoms with E-state index in [1.54, 1.807) is 24.3 Å². The number of aryl methyl sites for hydroxylation is 1. The molecule has 0 bridgehead atoms. The van der Waals surface area contributed by atoms with Crippen molar-refractivity contribution < 1.29 is 19.1 Å². The number of methoxy groups -OCH3 is 1. The minimum absolute atomic E-state index is 0.338. The van der Waals surface area contributed by atoms with Crippen LogP contribution in [0.5, 0.6) is 0 Å². The Hall–Kier alpha value is -2.38. The van der Waals surface area contributed by atoms with Gasteiger partial charge in [0.2, 0.25) is 0 Å². The summed E-state index contributed by atoms with van der Waals surface area (Å²) in [5.41, 5.74) is 1.69. The Morgan fingerprint density at radius 3 is 2.44 bits per heavy atom. The number of amides is 3. The van der Waals surface area contributed by atoms with E-state index in [0.29, 0.717) is 21.2 Å². The van der Waals surface area contributed by atoms with Crippen LogP contribution in [0.2, 0.25) is 5.02 Å². The van der Waals surface area contributed by atoms with Crippen LogP contribution in [0.4, 0.5) is 9.80 Å². The summed E-state index contributed by atoms with van der Waals surface area (Å²) in [4.78, 5) is 37.8. The molecule has 142 valence electrons. The Labute approximate surface area is 165 Å². The number of ether oxygens (including phenoxy) is 1. The van der Waals surface area contributed by atoms with Gasteiger partial charge in [0.25, 0.3) is 11.8 Å². The maximum absolute atomic E-state index is 12.7. The molecule has 0 fully saturated rings. The number of halogens is 1. The van der Waals surface area contributed by atoms with Crippen LogP contribution in [0.1, 0.15) is 50.4 Å². The van der Waals surface area contributed by atoms with Gasteiger partial charge in [-0.05, 0) is 55.5 Å². The topological polar surface area (TPSA) is 84.5 Å². The summed E-state index contributed by atoms with van der Waals surface area (Å²) in [6.07, 6.45) is 3.86. The van der Waals surface area contributed by atoms with E-state index in [4.69, 9.17) is 11.6 Å². The molecule has 8 heteroatoms. The van der Waals surface area contributed by atoms with Crippen LogP contribution in [0.25, 0.3) is 0 Å². The highest BCUT2D eigenvalue weighted by atomic mass is 35.5. The molecule has 2 aromatic rings. The molecule has 0 saturated carbocycles. The van der Waals surface area contributed by atoms with Crippen molar-refractivity contribution in [3.05, 3.63) is 50.9 Å². The highest BCUT2D eigenvalue weighted by molar-refractivity contribution is 7.17. The monoisotopic (exact) mass is 406 g/mol. The number of benzene rings is 1. The first-order chi connectivity index (χ1) is 13.0. The van der Waals surface area contributed by atoms with E-state index in [-0.39, 0.29) is 5.91 Å². The number of hydrogen-bond donors (Lipinski definition) is 2. The first kappa shape index (κ1) is 19.4. The maximum Gasteiger partial charge on any atom is 0.413 e. The second-order valence-corrected chi connectivity index (χ2v) is 7.72. The van der Waals surface area contributed by atoms with Gasteiger partial charge in [-0.2, -0.15) is 0 Å². The second-order valence-electron chi connectivity index (χ2n) is 6.18. The van der Waals surface area contributed by atoms with Crippen LogP contribution in [-0.4, -0.2) is 25.0 Å². The predicted octanol–water partition coefficient (Wildman–Crippen LogP) is 4.42. The van der Waals surface area contributed by atoms with Crippen molar-refractivity contribution in [3.63, 3.8) is 0 Å². The highest BCUT2D eigenvalue weighted by Gasteiger charge is 2.27. The maximum atomic E-state index is 12.7. The number of rotatable bonds is 3. The minimum Gasteiger partial charge on any atom is -0.453 e. The molecule has 2 N–H and O–H groups in total. The van der Waals surface area contributed by atoms with Crippen molar-refractivity contribution in [2.75, 3.05) is 12.4 Å². The molecule has 1 heterocycles. The Morgan fingerprint density at radius 2 is 1.74 bits per heavy atom. The zero-order valence-corrected chi connectivity index (χ0v) is 16.3. The van der Waals surface area contributed by atoms with Gasteiger partial charge in [0, 0.05) is 15.5 Å². The summed E-state index contributed by atoms with van der Waals surface area (Å²) in [6.45, 7) is 0. The molecule has 1 aliphatic carbocycles. The molecule has 0 atom stereocenters. The van der Waals surface area contributed by atoms with E-state index < -0.39 is 12.0 Å². The van der Waals surface area contributed by atoms with E-state index in [2.05, 4.69) is 15.4 Å². The lowest BCUT2D eigenvalue weighted by Gasteiger charge is -2.09. The molecule has 0 unspecified atom stereocenters. The molecule has 0 radical (unpaired) electrons. The molecule has 27 heavy (non-hydrogen) atoms. The van der Waals surface area contributed by atoms with Crippen LogP contribution in [-0.2, 0) is 17.6 Å². The molecule has 1 aromatic heterocycles. The third-order valence-corrected chi connectivity index (χ3v) is 5.84. The number of carbonyl (C=O) groups excluding carboxylic acids is 3. The SMILES string of the molecule is COC(=O)NC(=O)c1c(NC(=O)c2ccc(Cl)cc2)sc2c1CCCCC2. The van der Waals surface area contributed by atoms with Crippen LogP contribution in [0, 0.1) is 0 Å². The second kappa shape index (κ2) is 8.54. The first-order valence-corrected chi connectivity index (χ1v) is 9.79. The molecule has 0 spiro atoms. The van der Waals surface area contributed by atoms with Crippen molar-refractivity contribution in [1.29, 1.82) is 0 Å². The molecule has 0 saturated heterocycles. The van der Waals surface area contributed by atoms with E-state index in [1.165, 1.54) is 18.4 Å². The zero-order chi connectivity index (χ0) is 19.4. The van der Waals surface area contributed by atoms with Crippen molar-refractivity contribution in [2.45, 2.75) is 32.1 Å². The number of thiophene rings is 1. The Bertz CT molecular complexity index is 877. The van der Waals surface area contributed by atoms with Gasteiger partial charge in [0.1, 0.15) is 5.00 Å². The largest absolute Gasteiger partial charge is 0.453 e. The fourth-order valence-electron chi connectivity index (χ4n) is 3.05. The van der Waals surface area contributed by atoms with Gasteiger partial charge >= 0.3 is 6.09 Å². The van der Waals surface area contributed by atoms with Gasteiger partial charge in [-0.25, -0.2) is 4.79 Å². The summed E-state index contributed by atoms with van der Waals surface area (Å²) >= 11 is 7.26. The third-order valence-electron chi connectivity index (χ3n) is 4.38. The van der Waals surface area contributed by atoms with Crippen molar-refractivity contribution in [1.82, 2.24) is 5.32 Å². The fourth-order valence-corrected chi connectivity index (χ4v) is 4.46. The normalized spacial score (nSPS) is 13.3. The number of carbonyl (C=O) groups is 3. The lowest BCUT2D eigenvalue weighted by molar-refractivity contribution is 0.0937.